The number of carbonyl (C=O) groups excluding carboxylic acids is 1. The summed E-state index contributed by atoms with van der Waals surface area (Å²) in [7, 11) is 3.55. The van der Waals surface area contributed by atoms with Crippen molar-refractivity contribution in [3.05, 3.63) is 51.0 Å². The van der Waals surface area contributed by atoms with Crippen LogP contribution in [0, 0.1) is 13.8 Å². The number of hydrogen-bond donors (Lipinski definition) is 1. The van der Waals surface area contributed by atoms with E-state index in [9.17, 15) is 14.7 Å². The average molecular weight is 333 g/mol. The maximum absolute atomic E-state index is 12.9. The van der Waals surface area contributed by atoms with E-state index >= 15 is 0 Å². The van der Waals surface area contributed by atoms with Gasteiger partial charge in [-0.15, -0.1) is 11.3 Å². The fourth-order valence-corrected chi connectivity index (χ4v) is 2.99. The maximum Gasteiger partial charge on any atom is 0.335 e. The molecule has 0 aliphatic heterocycles. The summed E-state index contributed by atoms with van der Waals surface area (Å²) in [5, 5.41) is 15.2. The molecule has 1 N–H and O–H groups in total. The van der Waals surface area contributed by atoms with E-state index in [0.717, 1.165) is 10.7 Å². The molecule has 2 aromatic rings. The van der Waals surface area contributed by atoms with Gasteiger partial charge in [-0.25, -0.2) is 14.8 Å². The Balaban J connectivity index is 2.35. The third-order valence-corrected chi connectivity index (χ3v) is 4.41. The molecule has 23 heavy (non-hydrogen) atoms. The van der Waals surface area contributed by atoms with Gasteiger partial charge in [-0.05, 0) is 31.5 Å². The second-order valence-electron chi connectivity index (χ2n) is 5.38. The number of thiazole rings is 1. The molecule has 7 heteroatoms. The molecule has 0 aliphatic carbocycles. The Bertz CT molecular complexity index is 740. The number of aromatic nitrogens is 1. The molecule has 1 aromatic carbocycles. The topological polar surface area (TPSA) is 73.7 Å². The zero-order chi connectivity index (χ0) is 17.1. The number of hydrogen-bond acceptors (Lipinski definition) is 5. The lowest BCUT2D eigenvalue weighted by molar-refractivity contribution is 0.0153. The van der Waals surface area contributed by atoms with Crippen LogP contribution in [0.15, 0.2) is 23.6 Å². The number of carboxylic acids is 1. The summed E-state index contributed by atoms with van der Waals surface area (Å²) in [5.41, 5.74) is 1.90. The number of carboxylic acid groups (broad SMARTS) is 1. The smallest absolute Gasteiger partial charge is 0.335 e. The summed E-state index contributed by atoms with van der Waals surface area (Å²) >= 11 is 1.49. The minimum Gasteiger partial charge on any atom is -0.478 e. The summed E-state index contributed by atoms with van der Waals surface area (Å²) in [6, 6.07) is 4.73. The molecule has 1 aromatic heterocycles. The summed E-state index contributed by atoms with van der Waals surface area (Å²) in [4.78, 5) is 28.5. The number of hydrazine groups is 1. The minimum atomic E-state index is -1.04. The Morgan fingerprint density at radius 2 is 1.87 bits per heavy atom. The minimum absolute atomic E-state index is 0.139. The first-order valence-electron chi connectivity index (χ1n) is 7.04. The van der Waals surface area contributed by atoms with Crippen molar-refractivity contribution >= 4 is 23.2 Å². The Hall–Kier alpha value is -2.25. The molecule has 0 aliphatic rings. The summed E-state index contributed by atoms with van der Waals surface area (Å²) in [6.07, 6.45) is 0. The third-order valence-electron chi connectivity index (χ3n) is 3.46. The zero-order valence-electron chi connectivity index (χ0n) is 13.5. The van der Waals surface area contributed by atoms with E-state index in [1.807, 2.05) is 12.3 Å². The number of rotatable bonds is 5. The van der Waals surface area contributed by atoms with Crippen LogP contribution in [0.3, 0.4) is 0 Å². The highest BCUT2D eigenvalue weighted by Gasteiger charge is 2.23. The zero-order valence-corrected chi connectivity index (χ0v) is 14.3. The van der Waals surface area contributed by atoms with E-state index in [1.54, 1.807) is 43.2 Å². The molecule has 0 radical (unpaired) electrons. The third kappa shape index (κ3) is 3.75. The first kappa shape index (κ1) is 17.1. The van der Waals surface area contributed by atoms with Gasteiger partial charge >= 0.3 is 5.97 Å². The van der Waals surface area contributed by atoms with E-state index in [1.165, 1.54) is 17.4 Å². The highest BCUT2D eigenvalue weighted by Crippen LogP contribution is 2.19. The van der Waals surface area contributed by atoms with E-state index in [0.29, 0.717) is 17.7 Å². The molecule has 2 rings (SSSR count). The van der Waals surface area contributed by atoms with Crippen LogP contribution >= 0.6 is 11.3 Å². The van der Waals surface area contributed by atoms with Crippen LogP contribution in [-0.4, -0.2) is 46.1 Å². The van der Waals surface area contributed by atoms with Gasteiger partial charge in [-0.3, -0.25) is 9.80 Å². The van der Waals surface area contributed by atoms with Gasteiger partial charge in [0, 0.05) is 30.7 Å². The largest absolute Gasteiger partial charge is 0.478 e. The number of aromatic carboxylic acids is 1. The van der Waals surface area contributed by atoms with Gasteiger partial charge in [0.25, 0.3) is 5.91 Å². The molecule has 0 atom stereocenters. The molecular formula is C16H19N3O3S. The predicted molar refractivity (Wildman–Crippen MR) is 88.5 cm³/mol. The van der Waals surface area contributed by atoms with Crippen molar-refractivity contribution in [3.63, 3.8) is 0 Å². The molecule has 0 saturated carbocycles. The number of aryl methyl sites for hydroxylation is 1. The van der Waals surface area contributed by atoms with Crippen molar-refractivity contribution in [3.8, 4) is 0 Å². The monoisotopic (exact) mass is 333 g/mol. The first-order valence-corrected chi connectivity index (χ1v) is 7.92. The quantitative estimate of drug-likeness (QED) is 0.851. The number of amides is 1. The van der Waals surface area contributed by atoms with Crippen molar-refractivity contribution < 1.29 is 14.7 Å². The van der Waals surface area contributed by atoms with E-state index in [4.69, 9.17) is 0 Å². The molecule has 1 heterocycles. The standard InChI is InChI=1S/C16H19N3O3S/c1-10-9-23-14(17-10)8-19(18(3)4)15(20)12-6-5-7-13(11(12)2)16(21)22/h5-7,9H,8H2,1-4H3,(H,21,22). The molecule has 122 valence electrons. The number of benzene rings is 1. The van der Waals surface area contributed by atoms with Crippen LogP contribution < -0.4 is 0 Å². The Kier molecular flexibility index (Phi) is 5.12. The van der Waals surface area contributed by atoms with Crippen molar-refractivity contribution in [1.29, 1.82) is 0 Å². The molecule has 1 amide bonds. The van der Waals surface area contributed by atoms with Gasteiger partial charge in [-0.2, -0.15) is 0 Å². The van der Waals surface area contributed by atoms with Crippen molar-refractivity contribution in [2.45, 2.75) is 20.4 Å². The van der Waals surface area contributed by atoms with E-state index in [2.05, 4.69) is 4.98 Å². The lowest BCUT2D eigenvalue weighted by Crippen LogP contribution is -2.41. The Morgan fingerprint density at radius 3 is 2.39 bits per heavy atom. The van der Waals surface area contributed by atoms with Crippen LogP contribution in [0.5, 0.6) is 0 Å². The lowest BCUT2D eigenvalue weighted by Gasteiger charge is -2.28. The van der Waals surface area contributed by atoms with E-state index in [-0.39, 0.29) is 11.5 Å². The highest BCUT2D eigenvalue weighted by molar-refractivity contribution is 7.09. The van der Waals surface area contributed by atoms with Crippen LogP contribution in [0.2, 0.25) is 0 Å². The highest BCUT2D eigenvalue weighted by atomic mass is 32.1. The summed E-state index contributed by atoms with van der Waals surface area (Å²) in [5.74, 6) is -1.28. The molecule has 0 bridgehead atoms. The SMILES string of the molecule is Cc1csc(CN(C(=O)c2cccc(C(=O)O)c2C)N(C)C)n1. The second-order valence-corrected chi connectivity index (χ2v) is 6.32. The molecule has 0 unspecified atom stereocenters. The number of carbonyl (C=O) groups is 2. The second kappa shape index (κ2) is 6.89. The van der Waals surface area contributed by atoms with Gasteiger partial charge < -0.3 is 5.11 Å². The van der Waals surface area contributed by atoms with Crippen LogP contribution in [0.4, 0.5) is 0 Å². The van der Waals surface area contributed by atoms with E-state index < -0.39 is 5.97 Å². The van der Waals surface area contributed by atoms with Gasteiger partial charge in [0.05, 0.1) is 12.1 Å². The van der Waals surface area contributed by atoms with Crippen molar-refractivity contribution in [2.24, 2.45) is 0 Å². The lowest BCUT2D eigenvalue weighted by atomic mass is 10.0. The Labute approximate surface area is 139 Å². The van der Waals surface area contributed by atoms with Gasteiger partial charge in [0.15, 0.2) is 0 Å². The molecular weight excluding hydrogens is 314 g/mol. The van der Waals surface area contributed by atoms with Crippen molar-refractivity contribution in [2.75, 3.05) is 14.1 Å². The maximum atomic E-state index is 12.9. The average Bonchev–Trinajstić information content (AvgIpc) is 2.89. The normalized spacial score (nSPS) is 10.8. The summed E-state index contributed by atoms with van der Waals surface area (Å²) < 4.78 is 0. The van der Waals surface area contributed by atoms with Gasteiger partial charge in [0.2, 0.25) is 0 Å². The molecule has 0 saturated heterocycles. The Morgan fingerprint density at radius 1 is 1.22 bits per heavy atom. The molecule has 0 fully saturated rings. The van der Waals surface area contributed by atoms with Crippen LogP contribution in [0.25, 0.3) is 0 Å². The number of nitrogens with zero attached hydrogens (tertiary/aromatic N) is 3. The molecule has 0 spiro atoms. The van der Waals surface area contributed by atoms with Crippen LogP contribution in [0.1, 0.15) is 37.0 Å². The fourth-order valence-electron chi connectivity index (χ4n) is 2.24. The predicted octanol–water partition coefficient (Wildman–Crippen LogP) is 2.58. The fraction of sp³-hybridized carbons (Fsp3) is 0.312. The van der Waals surface area contributed by atoms with Gasteiger partial charge in [-0.1, -0.05) is 6.07 Å². The van der Waals surface area contributed by atoms with Crippen molar-refractivity contribution in [1.82, 2.24) is 15.0 Å². The van der Waals surface area contributed by atoms with Gasteiger partial charge in [0.1, 0.15) is 5.01 Å². The molecule has 6 nitrogen and oxygen atoms in total. The summed E-state index contributed by atoms with van der Waals surface area (Å²) in [6.45, 7) is 3.90. The van der Waals surface area contributed by atoms with Crippen LogP contribution in [-0.2, 0) is 6.54 Å². The first-order chi connectivity index (χ1) is 10.8.